The molecule has 0 atom stereocenters. The van der Waals surface area contributed by atoms with Gasteiger partial charge in [0, 0.05) is 0 Å². The van der Waals surface area contributed by atoms with Crippen molar-refractivity contribution in [1.29, 1.82) is 0 Å². The highest BCUT2D eigenvalue weighted by molar-refractivity contribution is 5.73. The molecule has 1 N–H and O–H groups in total. The zero-order chi connectivity index (χ0) is 46.8. The number of nitrogens with zero attached hydrogens (tertiary/aromatic N) is 1. The summed E-state index contributed by atoms with van der Waals surface area (Å²) in [7, 11) is 2.10. The Balaban J connectivity index is 2.56. The van der Waals surface area contributed by atoms with Crippen molar-refractivity contribution < 1.29 is 33.7 Å². The van der Waals surface area contributed by atoms with Crippen LogP contribution in [-0.2, 0) is 28.6 Å². The van der Waals surface area contributed by atoms with Gasteiger partial charge in [0.1, 0.15) is 0 Å². The first-order valence-electron chi connectivity index (χ1n) is 28.1. The molecule has 0 saturated carbocycles. The standard InChI is InChI=1S/C56H107NO7/c1-6-10-14-18-26-36-50(37-27-19-15-11-7-2)53(58)62-47-33-24-22-30-42-56(61,44-32-35-49-64-55(60)52-40-45-57(5)46-41-52)43-31-23-25-34-48-63-54(59)51(38-28-20-16-12-8-3)39-29-21-17-13-9-4/h50-52,61H,6-49H2,1-5H3. The smallest absolute Gasteiger partial charge is 0.309 e. The third-order valence-corrected chi connectivity index (χ3v) is 14.2. The third kappa shape index (κ3) is 33.7. The van der Waals surface area contributed by atoms with Crippen LogP contribution in [-0.4, -0.2) is 73.5 Å². The quantitative estimate of drug-likeness (QED) is 0.0366. The summed E-state index contributed by atoms with van der Waals surface area (Å²) in [5, 5.41) is 11.9. The summed E-state index contributed by atoms with van der Waals surface area (Å²) in [5.74, 6) is 0.0818. The Morgan fingerprint density at radius 3 is 1.12 bits per heavy atom. The zero-order valence-electron chi connectivity index (χ0n) is 43.2. The van der Waals surface area contributed by atoms with E-state index in [4.69, 9.17) is 14.2 Å². The van der Waals surface area contributed by atoms with Gasteiger partial charge in [-0.2, -0.15) is 0 Å². The van der Waals surface area contributed by atoms with Crippen LogP contribution in [0.1, 0.15) is 278 Å². The van der Waals surface area contributed by atoms with Gasteiger partial charge in [-0.3, -0.25) is 14.4 Å². The van der Waals surface area contributed by atoms with E-state index in [1.807, 2.05) is 0 Å². The first kappa shape index (κ1) is 60.3. The van der Waals surface area contributed by atoms with E-state index in [0.717, 1.165) is 154 Å². The summed E-state index contributed by atoms with van der Waals surface area (Å²) in [6.45, 7) is 12.3. The summed E-state index contributed by atoms with van der Waals surface area (Å²) in [4.78, 5) is 41.2. The topological polar surface area (TPSA) is 102 Å². The summed E-state index contributed by atoms with van der Waals surface area (Å²) >= 11 is 0. The zero-order valence-corrected chi connectivity index (χ0v) is 43.2. The molecule has 0 aromatic rings. The largest absolute Gasteiger partial charge is 0.465 e. The van der Waals surface area contributed by atoms with Gasteiger partial charge in [-0.1, -0.05) is 195 Å². The number of piperidine rings is 1. The number of unbranched alkanes of at least 4 members (excludes halogenated alkanes) is 23. The first-order valence-corrected chi connectivity index (χ1v) is 28.1. The van der Waals surface area contributed by atoms with Crippen molar-refractivity contribution in [1.82, 2.24) is 4.90 Å². The van der Waals surface area contributed by atoms with Crippen LogP contribution >= 0.6 is 0 Å². The molecule has 0 spiro atoms. The number of carbonyl (C=O) groups excluding carboxylic acids is 3. The maximum atomic E-state index is 13.1. The molecule has 0 amide bonds. The lowest BCUT2D eigenvalue weighted by Crippen LogP contribution is -2.34. The molecule has 1 aliphatic rings. The number of hydrogen-bond acceptors (Lipinski definition) is 8. The molecule has 1 aliphatic heterocycles. The fraction of sp³-hybridized carbons (Fsp3) is 0.946. The molecule has 64 heavy (non-hydrogen) atoms. The third-order valence-electron chi connectivity index (χ3n) is 14.2. The van der Waals surface area contributed by atoms with E-state index in [9.17, 15) is 19.5 Å². The number of likely N-dealkylation sites (tertiary alicyclic amines) is 1. The number of carbonyl (C=O) groups is 3. The molecule has 0 unspecified atom stereocenters. The summed E-state index contributed by atoms with van der Waals surface area (Å²) < 4.78 is 17.4. The highest BCUT2D eigenvalue weighted by atomic mass is 16.5. The van der Waals surface area contributed by atoms with Crippen molar-refractivity contribution in [3.05, 3.63) is 0 Å². The highest BCUT2D eigenvalue weighted by Gasteiger charge is 2.27. The van der Waals surface area contributed by atoms with Crippen molar-refractivity contribution in [3.8, 4) is 0 Å². The molecule has 378 valence electrons. The van der Waals surface area contributed by atoms with E-state index in [0.29, 0.717) is 26.2 Å². The molecule has 1 rings (SSSR count). The average molecular weight is 906 g/mol. The van der Waals surface area contributed by atoms with Crippen LogP contribution in [0.4, 0.5) is 0 Å². The van der Waals surface area contributed by atoms with E-state index in [2.05, 4.69) is 39.6 Å². The molecule has 0 bridgehead atoms. The van der Waals surface area contributed by atoms with Crippen molar-refractivity contribution in [2.45, 2.75) is 284 Å². The molecule has 1 saturated heterocycles. The SMILES string of the molecule is CCCCCCCC(CCCCCCC)C(=O)OCCCCCCC(O)(CCCCCCOC(=O)C(CCCCCCC)CCCCCCC)CCCCOC(=O)C1CCN(C)CC1. The van der Waals surface area contributed by atoms with Gasteiger partial charge >= 0.3 is 17.9 Å². The van der Waals surface area contributed by atoms with Gasteiger partial charge in [0.25, 0.3) is 0 Å². The number of aliphatic hydroxyl groups is 1. The predicted molar refractivity (Wildman–Crippen MR) is 269 cm³/mol. The highest BCUT2D eigenvalue weighted by Crippen LogP contribution is 2.29. The number of rotatable bonds is 46. The Morgan fingerprint density at radius 2 is 0.750 bits per heavy atom. The molecule has 0 aromatic carbocycles. The average Bonchev–Trinajstić information content (AvgIpc) is 3.29. The summed E-state index contributed by atoms with van der Waals surface area (Å²) in [6.07, 6.45) is 41.5. The second-order valence-corrected chi connectivity index (χ2v) is 20.3. The Bertz CT molecular complexity index is 989. The van der Waals surface area contributed by atoms with Crippen molar-refractivity contribution >= 4 is 17.9 Å². The molecule has 8 nitrogen and oxygen atoms in total. The van der Waals surface area contributed by atoms with E-state index in [1.165, 1.54) is 103 Å². The van der Waals surface area contributed by atoms with Gasteiger partial charge in [-0.25, -0.2) is 0 Å². The van der Waals surface area contributed by atoms with Gasteiger partial charge < -0.3 is 24.2 Å². The van der Waals surface area contributed by atoms with Crippen LogP contribution in [0.5, 0.6) is 0 Å². The maximum absolute atomic E-state index is 13.1. The van der Waals surface area contributed by atoms with Crippen LogP contribution in [0, 0.1) is 17.8 Å². The normalized spacial score (nSPS) is 13.9. The lowest BCUT2D eigenvalue weighted by molar-refractivity contribution is -0.150. The van der Waals surface area contributed by atoms with E-state index < -0.39 is 5.60 Å². The molecule has 8 heteroatoms. The van der Waals surface area contributed by atoms with Gasteiger partial charge in [0.2, 0.25) is 0 Å². The Morgan fingerprint density at radius 1 is 0.453 bits per heavy atom. The minimum Gasteiger partial charge on any atom is -0.465 e. The fourth-order valence-electron chi connectivity index (χ4n) is 9.60. The number of esters is 3. The Hall–Kier alpha value is -1.67. The van der Waals surface area contributed by atoms with Crippen LogP contribution in [0.2, 0.25) is 0 Å². The lowest BCUT2D eigenvalue weighted by atomic mass is 9.85. The van der Waals surface area contributed by atoms with Crippen molar-refractivity contribution in [2.75, 3.05) is 40.0 Å². The van der Waals surface area contributed by atoms with E-state index in [-0.39, 0.29) is 35.7 Å². The summed E-state index contributed by atoms with van der Waals surface area (Å²) in [5.41, 5.74) is -0.736. The van der Waals surface area contributed by atoms with Gasteiger partial charge in [-0.05, 0) is 104 Å². The van der Waals surface area contributed by atoms with Crippen LogP contribution < -0.4 is 0 Å². The molecule has 0 aliphatic carbocycles. The molecular formula is C56H107NO7. The van der Waals surface area contributed by atoms with Crippen LogP contribution in [0.15, 0.2) is 0 Å². The monoisotopic (exact) mass is 906 g/mol. The first-order chi connectivity index (χ1) is 31.2. The van der Waals surface area contributed by atoms with E-state index in [1.54, 1.807) is 0 Å². The van der Waals surface area contributed by atoms with E-state index >= 15 is 0 Å². The Labute approximate surface area is 396 Å². The molecule has 1 heterocycles. The second-order valence-electron chi connectivity index (χ2n) is 20.3. The minimum atomic E-state index is -0.736. The predicted octanol–water partition coefficient (Wildman–Crippen LogP) is 15.4. The number of ether oxygens (including phenoxy) is 3. The molecule has 1 fully saturated rings. The van der Waals surface area contributed by atoms with Gasteiger partial charge in [0.15, 0.2) is 0 Å². The van der Waals surface area contributed by atoms with Gasteiger partial charge in [0.05, 0.1) is 43.2 Å². The van der Waals surface area contributed by atoms with Crippen molar-refractivity contribution in [2.24, 2.45) is 17.8 Å². The molecular weight excluding hydrogens is 799 g/mol. The molecule has 0 radical (unpaired) electrons. The van der Waals surface area contributed by atoms with Crippen molar-refractivity contribution in [3.63, 3.8) is 0 Å². The van der Waals surface area contributed by atoms with Crippen LogP contribution in [0.3, 0.4) is 0 Å². The van der Waals surface area contributed by atoms with Crippen LogP contribution in [0.25, 0.3) is 0 Å². The fourth-order valence-corrected chi connectivity index (χ4v) is 9.60. The minimum absolute atomic E-state index is 0.0149. The summed E-state index contributed by atoms with van der Waals surface area (Å²) in [6, 6.07) is 0. The number of hydrogen-bond donors (Lipinski definition) is 1. The maximum Gasteiger partial charge on any atom is 0.309 e. The Kier molecular flexibility index (Phi) is 40.2. The van der Waals surface area contributed by atoms with Gasteiger partial charge in [-0.15, -0.1) is 0 Å². The molecule has 0 aromatic heterocycles. The lowest BCUT2D eigenvalue weighted by Gasteiger charge is -2.29. The second kappa shape index (κ2) is 42.7.